The number of primary amides is 1. The molecule has 138 valence electrons. The first-order valence-electron chi connectivity index (χ1n) is 8.62. The summed E-state index contributed by atoms with van der Waals surface area (Å²) in [6, 6.07) is 15.0. The highest BCUT2D eigenvalue weighted by molar-refractivity contribution is 5.95. The van der Waals surface area contributed by atoms with Crippen LogP contribution in [0.4, 0.5) is 0 Å². The van der Waals surface area contributed by atoms with Crippen LogP contribution in [0, 0.1) is 0 Å². The monoisotopic (exact) mass is 363 g/mol. The SMILES string of the molecule is CCOc1ccc(Cc2cc(-c3ccccc3OC)ncn2)cc1C(N)=O. The first-order valence-corrected chi connectivity index (χ1v) is 8.62. The lowest BCUT2D eigenvalue weighted by Gasteiger charge is -2.11. The summed E-state index contributed by atoms with van der Waals surface area (Å²) >= 11 is 0. The quantitative estimate of drug-likeness (QED) is 0.696. The van der Waals surface area contributed by atoms with Crippen molar-refractivity contribution in [3.63, 3.8) is 0 Å². The van der Waals surface area contributed by atoms with E-state index in [1.165, 1.54) is 6.33 Å². The van der Waals surface area contributed by atoms with E-state index in [1.54, 1.807) is 19.2 Å². The van der Waals surface area contributed by atoms with E-state index in [9.17, 15) is 4.79 Å². The molecule has 1 aromatic heterocycles. The molecular formula is C21H21N3O3. The third kappa shape index (κ3) is 4.23. The second kappa shape index (κ2) is 8.31. The molecule has 0 bridgehead atoms. The molecule has 0 aliphatic heterocycles. The van der Waals surface area contributed by atoms with Gasteiger partial charge in [-0.2, -0.15) is 0 Å². The van der Waals surface area contributed by atoms with Gasteiger partial charge >= 0.3 is 0 Å². The van der Waals surface area contributed by atoms with Crippen molar-refractivity contribution in [1.82, 2.24) is 9.97 Å². The number of methoxy groups -OCH3 is 1. The number of aromatic nitrogens is 2. The highest BCUT2D eigenvalue weighted by atomic mass is 16.5. The van der Waals surface area contributed by atoms with E-state index in [0.29, 0.717) is 24.3 Å². The van der Waals surface area contributed by atoms with Crippen LogP contribution in [0.25, 0.3) is 11.3 Å². The molecule has 0 saturated carbocycles. The van der Waals surface area contributed by atoms with E-state index in [4.69, 9.17) is 15.2 Å². The van der Waals surface area contributed by atoms with Gasteiger partial charge in [0, 0.05) is 17.7 Å². The Morgan fingerprint density at radius 1 is 1.07 bits per heavy atom. The molecule has 27 heavy (non-hydrogen) atoms. The molecule has 6 nitrogen and oxygen atoms in total. The summed E-state index contributed by atoms with van der Waals surface area (Å²) in [6.07, 6.45) is 2.07. The molecule has 0 radical (unpaired) electrons. The van der Waals surface area contributed by atoms with Crippen LogP contribution in [0.15, 0.2) is 54.9 Å². The molecule has 0 unspecified atom stereocenters. The third-order valence-corrected chi connectivity index (χ3v) is 4.10. The van der Waals surface area contributed by atoms with Crippen LogP contribution in [0.5, 0.6) is 11.5 Å². The summed E-state index contributed by atoms with van der Waals surface area (Å²) in [6.45, 7) is 2.33. The lowest BCUT2D eigenvalue weighted by atomic mass is 10.0. The number of benzene rings is 2. The number of amides is 1. The molecule has 0 fully saturated rings. The van der Waals surface area contributed by atoms with Gasteiger partial charge in [-0.1, -0.05) is 18.2 Å². The highest BCUT2D eigenvalue weighted by Crippen LogP contribution is 2.28. The highest BCUT2D eigenvalue weighted by Gasteiger charge is 2.12. The Kier molecular flexibility index (Phi) is 5.66. The van der Waals surface area contributed by atoms with E-state index < -0.39 is 5.91 Å². The molecule has 1 heterocycles. The van der Waals surface area contributed by atoms with Crippen LogP contribution in [0.3, 0.4) is 0 Å². The number of para-hydroxylation sites is 1. The Morgan fingerprint density at radius 3 is 2.63 bits per heavy atom. The number of rotatable bonds is 7. The van der Waals surface area contributed by atoms with E-state index in [2.05, 4.69) is 9.97 Å². The maximum atomic E-state index is 11.7. The first-order chi connectivity index (χ1) is 13.1. The van der Waals surface area contributed by atoms with Crippen LogP contribution in [0.1, 0.15) is 28.5 Å². The Labute approximate surface area is 158 Å². The summed E-state index contributed by atoms with van der Waals surface area (Å²) in [5, 5.41) is 0. The molecule has 3 rings (SSSR count). The maximum absolute atomic E-state index is 11.7. The smallest absolute Gasteiger partial charge is 0.252 e. The van der Waals surface area contributed by atoms with Crippen molar-refractivity contribution in [2.75, 3.05) is 13.7 Å². The van der Waals surface area contributed by atoms with Crippen molar-refractivity contribution in [2.24, 2.45) is 5.73 Å². The lowest BCUT2D eigenvalue weighted by molar-refractivity contribution is 0.0996. The Hall–Kier alpha value is -3.41. The first kappa shape index (κ1) is 18.4. The molecule has 6 heteroatoms. The van der Waals surface area contributed by atoms with Gasteiger partial charge in [-0.3, -0.25) is 4.79 Å². The zero-order chi connectivity index (χ0) is 19.2. The van der Waals surface area contributed by atoms with Gasteiger partial charge in [0.15, 0.2) is 0 Å². The van der Waals surface area contributed by atoms with Crippen LogP contribution in [0.2, 0.25) is 0 Å². The molecule has 0 aliphatic rings. The number of carbonyl (C=O) groups excluding carboxylic acids is 1. The average Bonchev–Trinajstić information content (AvgIpc) is 2.69. The summed E-state index contributed by atoms with van der Waals surface area (Å²) in [5.41, 5.74) is 9.26. The summed E-state index contributed by atoms with van der Waals surface area (Å²) in [4.78, 5) is 20.4. The van der Waals surface area contributed by atoms with Gasteiger partial charge in [-0.15, -0.1) is 0 Å². The van der Waals surface area contributed by atoms with Gasteiger partial charge in [0.2, 0.25) is 0 Å². The number of carbonyl (C=O) groups is 1. The summed E-state index contributed by atoms with van der Waals surface area (Å²) in [7, 11) is 1.63. The summed E-state index contributed by atoms with van der Waals surface area (Å²) < 4.78 is 10.9. The van der Waals surface area contributed by atoms with E-state index >= 15 is 0 Å². The second-order valence-electron chi connectivity index (χ2n) is 5.90. The van der Waals surface area contributed by atoms with Gasteiger partial charge in [0.25, 0.3) is 5.91 Å². The average molecular weight is 363 g/mol. The molecule has 0 spiro atoms. The molecule has 0 atom stereocenters. The van der Waals surface area contributed by atoms with Crippen molar-refractivity contribution in [3.05, 3.63) is 71.7 Å². The largest absolute Gasteiger partial charge is 0.496 e. The van der Waals surface area contributed by atoms with E-state index in [-0.39, 0.29) is 0 Å². The molecule has 0 aliphatic carbocycles. The van der Waals surface area contributed by atoms with E-state index in [1.807, 2.05) is 43.3 Å². The Morgan fingerprint density at radius 2 is 1.89 bits per heavy atom. The second-order valence-corrected chi connectivity index (χ2v) is 5.90. The molecule has 2 aromatic carbocycles. The van der Waals surface area contributed by atoms with Gasteiger partial charge < -0.3 is 15.2 Å². The zero-order valence-electron chi connectivity index (χ0n) is 15.3. The van der Waals surface area contributed by atoms with Crippen LogP contribution in [-0.2, 0) is 6.42 Å². The van der Waals surface area contributed by atoms with Gasteiger partial charge in [0.05, 0.1) is 25.0 Å². The number of ether oxygens (including phenoxy) is 2. The minimum absolute atomic E-state index is 0.369. The topological polar surface area (TPSA) is 87.3 Å². The molecule has 0 saturated heterocycles. The zero-order valence-corrected chi connectivity index (χ0v) is 15.3. The lowest BCUT2D eigenvalue weighted by Crippen LogP contribution is -2.13. The standard InChI is InChI=1S/C21H21N3O3/c1-3-27-20-9-8-14(11-17(20)21(22)25)10-15-12-18(24-13-23-15)16-6-4-5-7-19(16)26-2/h4-9,11-13H,3,10H2,1-2H3,(H2,22,25). The van der Waals surface area contributed by atoms with Gasteiger partial charge in [-0.25, -0.2) is 9.97 Å². The minimum Gasteiger partial charge on any atom is -0.496 e. The number of nitrogens with two attached hydrogens (primary N) is 1. The third-order valence-electron chi connectivity index (χ3n) is 4.10. The summed E-state index contributed by atoms with van der Waals surface area (Å²) in [5.74, 6) is 0.725. The van der Waals surface area contributed by atoms with Crippen molar-refractivity contribution >= 4 is 5.91 Å². The van der Waals surface area contributed by atoms with Crippen molar-refractivity contribution in [1.29, 1.82) is 0 Å². The fourth-order valence-corrected chi connectivity index (χ4v) is 2.87. The van der Waals surface area contributed by atoms with Crippen LogP contribution < -0.4 is 15.2 Å². The van der Waals surface area contributed by atoms with Gasteiger partial charge in [0.1, 0.15) is 17.8 Å². The fraction of sp³-hybridized carbons (Fsp3) is 0.190. The Balaban J connectivity index is 1.91. The molecule has 2 N–H and O–H groups in total. The van der Waals surface area contributed by atoms with Crippen molar-refractivity contribution in [3.8, 4) is 22.8 Å². The van der Waals surface area contributed by atoms with Crippen molar-refractivity contribution < 1.29 is 14.3 Å². The minimum atomic E-state index is -0.516. The van der Waals surface area contributed by atoms with E-state index in [0.717, 1.165) is 28.3 Å². The molecular weight excluding hydrogens is 342 g/mol. The van der Waals surface area contributed by atoms with Crippen LogP contribution >= 0.6 is 0 Å². The molecule has 3 aromatic rings. The normalized spacial score (nSPS) is 10.4. The fourth-order valence-electron chi connectivity index (χ4n) is 2.87. The predicted molar refractivity (Wildman–Crippen MR) is 103 cm³/mol. The Bertz CT molecular complexity index is 957. The van der Waals surface area contributed by atoms with Crippen LogP contribution in [-0.4, -0.2) is 29.6 Å². The number of hydrogen-bond donors (Lipinski definition) is 1. The van der Waals surface area contributed by atoms with Gasteiger partial charge in [-0.05, 0) is 42.8 Å². The molecule has 1 amide bonds. The predicted octanol–water partition coefficient (Wildman–Crippen LogP) is 3.24. The van der Waals surface area contributed by atoms with Crippen molar-refractivity contribution in [2.45, 2.75) is 13.3 Å². The number of nitrogens with zero attached hydrogens (tertiary/aromatic N) is 2. The number of hydrogen-bond acceptors (Lipinski definition) is 5. The maximum Gasteiger partial charge on any atom is 0.252 e.